The Labute approximate surface area is 137 Å². The van der Waals surface area contributed by atoms with Crippen LogP contribution in [0.4, 0.5) is 0 Å². The van der Waals surface area contributed by atoms with E-state index in [-0.39, 0.29) is 11.9 Å². The molecule has 1 N–H and O–H groups in total. The van der Waals surface area contributed by atoms with E-state index in [4.69, 9.17) is 0 Å². The lowest BCUT2D eigenvalue weighted by Crippen LogP contribution is -2.48. The van der Waals surface area contributed by atoms with Gasteiger partial charge in [0.05, 0.1) is 6.04 Å². The van der Waals surface area contributed by atoms with Gasteiger partial charge in [0, 0.05) is 38.4 Å². The summed E-state index contributed by atoms with van der Waals surface area (Å²) in [6.45, 7) is 4.49. The number of hydrogen-bond donors (Lipinski definition) is 1. The summed E-state index contributed by atoms with van der Waals surface area (Å²) in [5.74, 6) is 0.224. The molecule has 4 nitrogen and oxygen atoms in total. The van der Waals surface area contributed by atoms with Crippen LogP contribution in [0.2, 0.25) is 0 Å². The van der Waals surface area contributed by atoms with Crippen molar-refractivity contribution in [2.24, 2.45) is 0 Å². The fourth-order valence-electron chi connectivity index (χ4n) is 3.14. The summed E-state index contributed by atoms with van der Waals surface area (Å²) in [4.78, 5) is 18.9. The average Bonchev–Trinajstić information content (AvgIpc) is 2.60. The number of piperazine rings is 1. The number of nitrogens with one attached hydrogen (secondary N) is 1. The molecule has 0 aliphatic carbocycles. The number of aryl methyl sites for hydroxylation is 2. The molecular formula is C19H23N3O. The first-order valence-electron chi connectivity index (χ1n) is 8.20. The van der Waals surface area contributed by atoms with Gasteiger partial charge in [-0.1, -0.05) is 35.9 Å². The van der Waals surface area contributed by atoms with Crippen molar-refractivity contribution in [2.75, 3.05) is 19.6 Å². The number of carbonyl (C=O) groups is 1. The van der Waals surface area contributed by atoms with E-state index in [9.17, 15) is 4.79 Å². The van der Waals surface area contributed by atoms with Gasteiger partial charge in [0.1, 0.15) is 0 Å². The lowest BCUT2D eigenvalue weighted by atomic mass is 10.0. The predicted octanol–water partition coefficient (Wildman–Crippen LogP) is 2.50. The Kier molecular flexibility index (Phi) is 5.03. The molecule has 1 aromatic carbocycles. The number of nitrogens with zero attached hydrogens (tertiary/aromatic N) is 2. The molecule has 3 rings (SSSR count). The summed E-state index contributed by atoms with van der Waals surface area (Å²) in [6.07, 6.45) is 4.98. The molecule has 1 saturated heterocycles. The molecule has 1 fully saturated rings. The SMILES string of the molecule is Cc1cccc(CCC(=O)N2CCNCC2c2cccnc2)c1. The normalized spacial score (nSPS) is 18.0. The van der Waals surface area contributed by atoms with E-state index in [2.05, 4.69) is 41.5 Å². The zero-order chi connectivity index (χ0) is 16.1. The topological polar surface area (TPSA) is 45.2 Å². The molecule has 23 heavy (non-hydrogen) atoms. The first-order valence-corrected chi connectivity index (χ1v) is 8.20. The second kappa shape index (κ2) is 7.38. The van der Waals surface area contributed by atoms with E-state index in [0.29, 0.717) is 6.42 Å². The van der Waals surface area contributed by atoms with Crippen molar-refractivity contribution >= 4 is 5.91 Å². The van der Waals surface area contributed by atoms with Crippen LogP contribution in [-0.2, 0) is 11.2 Å². The van der Waals surface area contributed by atoms with Crippen molar-refractivity contribution in [1.29, 1.82) is 0 Å². The predicted molar refractivity (Wildman–Crippen MR) is 91.1 cm³/mol. The van der Waals surface area contributed by atoms with Crippen LogP contribution in [0.3, 0.4) is 0 Å². The molecule has 120 valence electrons. The van der Waals surface area contributed by atoms with Crippen LogP contribution in [0.5, 0.6) is 0 Å². The average molecular weight is 309 g/mol. The molecule has 1 unspecified atom stereocenters. The minimum absolute atomic E-state index is 0.0856. The molecular weight excluding hydrogens is 286 g/mol. The maximum absolute atomic E-state index is 12.7. The van der Waals surface area contributed by atoms with Crippen LogP contribution in [-0.4, -0.2) is 35.4 Å². The summed E-state index contributed by atoms with van der Waals surface area (Å²) in [5, 5.41) is 3.38. The minimum Gasteiger partial charge on any atom is -0.333 e. The Balaban J connectivity index is 1.67. The highest BCUT2D eigenvalue weighted by Gasteiger charge is 2.27. The third-order valence-electron chi connectivity index (χ3n) is 4.34. The van der Waals surface area contributed by atoms with Gasteiger partial charge in [-0.3, -0.25) is 9.78 Å². The highest BCUT2D eigenvalue weighted by Crippen LogP contribution is 2.22. The van der Waals surface area contributed by atoms with Gasteiger partial charge in [-0.05, 0) is 30.5 Å². The largest absolute Gasteiger partial charge is 0.333 e. The Morgan fingerprint density at radius 1 is 1.35 bits per heavy atom. The van der Waals surface area contributed by atoms with Gasteiger partial charge in [0.25, 0.3) is 0 Å². The molecule has 4 heteroatoms. The highest BCUT2D eigenvalue weighted by atomic mass is 16.2. The molecule has 0 spiro atoms. The number of pyridine rings is 1. The fourth-order valence-corrected chi connectivity index (χ4v) is 3.14. The van der Waals surface area contributed by atoms with E-state index in [1.165, 1.54) is 11.1 Å². The van der Waals surface area contributed by atoms with Gasteiger partial charge in [-0.2, -0.15) is 0 Å². The first kappa shape index (κ1) is 15.7. The van der Waals surface area contributed by atoms with E-state index in [1.54, 1.807) is 6.20 Å². The van der Waals surface area contributed by atoms with Gasteiger partial charge in [0.2, 0.25) is 5.91 Å². The van der Waals surface area contributed by atoms with E-state index in [0.717, 1.165) is 31.6 Å². The summed E-state index contributed by atoms with van der Waals surface area (Å²) in [5.41, 5.74) is 3.57. The summed E-state index contributed by atoms with van der Waals surface area (Å²) in [6, 6.07) is 12.5. The Bertz CT molecular complexity index is 657. The molecule has 2 aromatic rings. The second-order valence-electron chi connectivity index (χ2n) is 6.08. The minimum atomic E-state index is 0.0856. The molecule has 1 aliphatic rings. The zero-order valence-electron chi connectivity index (χ0n) is 13.5. The van der Waals surface area contributed by atoms with Crippen molar-refractivity contribution in [1.82, 2.24) is 15.2 Å². The smallest absolute Gasteiger partial charge is 0.223 e. The monoisotopic (exact) mass is 309 g/mol. The number of benzene rings is 1. The Morgan fingerprint density at radius 2 is 2.26 bits per heavy atom. The molecule has 0 radical (unpaired) electrons. The molecule has 1 atom stereocenters. The van der Waals surface area contributed by atoms with Crippen LogP contribution >= 0.6 is 0 Å². The molecule has 0 bridgehead atoms. The Morgan fingerprint density at radius 3 is 3.04 bits per heavy atom. The molecule has 2 heterocycles. The zero-order valence-corrected chi connectivity index (χ0v) is 13.5. The number of hydrogen-bond acceptors (Lipinski definition) is 3. The Hall–Kier alpha value is -2.20. The van der Waals surface area contributed by atoms with Crippen LogP contribution in [0.25, 0.3) is 0 Å². The maximum atomic E-state index is 12.7. The third kappa shape index (κ3) is 3.96. The van der Waals surface area contributed by atoms with Crippen molar-refractivity contribution in [3.8, 4) is 0 Å². The van der Waals surface area contributed by atoms with Gasteiger partial charge < -0.3 is 10.2 Å². The first-order chi connectivity index (χ1) is 11.2. The second-order valence-corrected chi connectivity index (χ2v) is 6.08. The van der Waals surface area contributed by atoms with Crippen molar-refractivity contribution in [3.63, 3.8) is 0 Å². The van der Waals surface area contributed by atoms with E-state index in [1.807, 2.05) is 23.2 Å². The van der Waals surface area contributed by atoms with Crippen molar-refractivity contribution < 1.29 is 4.79 Å². The lowest BCUT2D eigenvalue weighted by Gasteiger charge is -2.36. The fraction of sp³-hybridized carbons (Fsp3) is 0.368. The van der Waals surface area contributed by atoms with E-state index < -0.39 is 0 Å². The highest BCUT2D eigenvalue weighted by molar-refractivity contribution is 5.77. The van der Waals surface area contributed by atoms with Crippen LogP contribution in [0, 0.1) is 6.92 Å². The number of rotatable bonds is 4. The summed E-state index contributed by atoms with van der Waals surface area (Å²) < 4.78 is 0. The van der Waals surface area contributed by atoms with Crippen molar-refractivity contribution in [3.05, 3.63) is 65.5 Å². The van der Waals surface area contributed by atoms with Crippen LogP contribution in [0.1, 0.15) is 29.2 Å². The molecule has 0 saturated carbocycles. The number of amides is 1. The van der Waals surface area contributed by atoms with E-state index >= 15 is 0 Å². The lowest BCUT2D eigenvalue weighted by molar-refractivity contribution is -0.134. The van der Waals surface area contributed by atoms with Gasteiger partial charge in [-0.15, -0.1) is 0 Å². The number of aromatic nitrogens is 1. The summed E-state index contributed by atoms with van der Waals surface area (Å²) >= 11 is 0. The van der Waals surface area contributed by atoms with Gasteiger partial charge in [0.15, 0.2) is 0 Å². The third-order valence-corrected chi connectivity index (χ3v) is 4.34. The van der Waals surface area contributed by atoms with Gasteiger partial charge in [-0.25, -0.2) is 0 Å². The van der Waals surface area contributed by atoms with Crippen molar-refractivity contribution in [2.45, 2.75) is 25.8 Å². The van der Waals surface area contributed by atoms with Gasteiger partial charge >= 0.3 is 0 Å². The maximum Gasteiger partial charge on any atom is 0.223 e. The molecule has 1 aliphatic heterocycles. The molecule has 1 aromatic heterocycles. The van der Waals surface area contributed by atoms with Crippen LogP contribution < -0.4 is 5.32 Å². The standard InChI is InChI=1S/C19H23N3O/c1-15-4-2-5-16(12-15)7-8-19(23)22-11-10-21-14-18(22)17-6-3-9-20-13-17/h2-6,9,12-13,18,21H,7-8,10-11,14H2,1H3. The molecule has 1 amide bonds. The summed E-state index contributed by atoms with van der Waals surface area (Å²) in [7, 11) is 0. The van der Waals surface area contributed by atoms with Crippen LogP contribution in [0.15, 0.2) is 48.8 Å². The quantitative estimate of drug-likeness (QED) is 0.944. The number of carbonyl (C=O) groups excluding carboxylic acids is 1.